The first-order chi connectivity index (χ1) is 10.6. The number of carbonyl (C=O) groups is 2. The average Bonchev–Trinajstić information content (AvgIpc) is 2.53. The first kappa shape index (κ1) is 16.1. The Morgan fingerprint density at radius 2 is 2.00 bits per heavy atom. The summed E-state index contributed by atoms with van der Waals surface area (Å²) in [5.41, 5.74) is 1.11. The quantitative estimate of drug-likeness (QED) is 0.724. The Hall–Kier alpha value is -2.24. The number of nitrogens with zero attached hydrogens (tertiary/aromatic N) is 1. The van der Waals surface area contributed by atoms with Crippen molar-refractivity contribution in [1.82, 2.24) is 10.2 Å². The Balaban J connectivity index is 1.69. The lowest BCUT2D eigenvalue weighted by Gasteiger charge is -2.30. The highest BCUT2D eigenvalue weighted by molar-refractivity contribution is 5.76. The van der Waals surface area contributed by atoms with Crippen molar-refractivity contribution in [3.8, 4) is 5.75 Å². The number of rotatable bonds is 5. The smallest absolute Gasteiger partial charge is 0.317 e. The number of aryl methyl sites for hydroxylation is 1. The fraction of sp³-hybridized carbons (Fsp3) is 0.500. The summed E-state index contributed by atoms with van der Waals surface area (Å²) >= 11 is 0. The van der Waals surface area contributed by atoms with Crippen LogP contribution in [0.3, 0.4) is 0 Å². The molecule has 120 valence electrons. The van der Waals surface area contributed by atoms with E-state index in [1.807, 2.05) is 12.1 Å². The Bertz CT molecular complexity index is 515. The van der Waals surface area contributed by atoms with Crippen LogP contribution in [0, 0.1) is 5.92 Å². The van der Waals surface area contributed by atoms with Crippen LogP contribution in [-0.4, -0.2) is 46.7 Å². The summed E-state index contributed by atoms with van der Waals surface area (Å²) in [7, 11) is 0. The predicted octanol–water partition coefficient (Wildman–Crippen LogP) is 1.83. The van der Waals surface area contributed by atoms with Crippen molar-refractivity contribution in [3.05, 3.63) is 29.8 Å². The number of phenols is 1. The van der Waals surface area contributed by atoms with E-state index in [-0.39, 0.29) is 11.8 Å². The van der Waals surface area contributed by atoms with E-state index in [1.54, 1.807) is 17.0 Å². The number of carboxylic acids is 1. The van der Waals surface area contributed by atoms with Gasteiger partial charge in [-0.25, -0.2) is 4.79 Å². The number of aromatic hydroxyl groups is 1. The molecule has 2 amide bonds. The number of hydrogen-bond donors (Lipinski definition) is 3. The van der Waals surface area contributed by atoms with Crippen molar-refractivity contribution in [3.63, 3.8) is 0 Å². The zero-order valence-electron chi connectivity index (χ0n) is 12.5. The van der Waals surface area contributed by atoms with Gasteiger partial charge in [-0.15, -0.1) is 0 Å². The summed E-state index contributed by atoms with van der Waals surface area (Å²) in [4.78, 5) is 24.6. The van der Waals surface area contributed by atoms with Crippen molar-refractivity contribution < 1.29 is 19.8 Å². The molecule has 22 heavy (non-hydrogen) atoms. The number of nitrogens with one attached hydrogen (secondary N) is 1. The molecule has 1 atom stereocenters. The molecule has 1 aromatic rings. The molecule has 0 saturated carbocycles. The third kappa shape index (κ3) is 4.65. The van der Waals surface area contributed by atoms with Crippen LogP contribution >= 0.6 is 0 Å². The van der Waals surface area contributed by atoms with E-state index in [2.05, 4.69) is 5.32 Å². The maximum absolute atomic E-state index is 12.0. The van der Waals surface area contributed by atoms with Crippen LogP contribution in [-0.2, 0) is 11.2 Å². The van der Waals surface area contributed by atoms with Gasteiger partial charge in [0.2, 0.25) is 0 Å². The van der Waals surface area contributed by atoms with E-state index in [0.717, 1.165) is 24.8 Å². The van der Waals surface area contributed by atoms with Gasteiger partial charge in [0, 0.05) is 19.6 Å². The first-order valence-corrected chi connectivity index (χ1v) is 7.60. The van der Waals surface area contributed by atoms with Crippen LogP contribution in [0.15, 0.2) is 24.3 Å². The minimum absolute atomic E-state index is 0.184. The van der Waals surface area contributed by atoms with Gasteiger partial charge in [0.05, 0.1) is 5.92 Å². The number of aliphatic carboxylic acids is 1. The van der Waals surface area contributed by atoms with Gasteiger partial charge in [0.15, 0.2) is 0 Å². The van der Waals surface area contributed by atoms with E-state index in [9.17, 15) is 14.7 Å². The van der Waals surface area contributed by atoms with E-state index in [4.69, 9.17) is 5.11 Å². The third-order valence-corrected chi connectivity index (χ3v) is 3.91. The van der Waals surface area contributed by atoms with Gasteiger partial charge in [0.25, 0.3) is 0 Å². The SMILES string of the molecule is O=C(O)C1CCCN(C(=O)NCCCc2ccc(O)cc2)C1. The number of piperidine rings is 1. The molecule has 1 saturated heterocycles. The molecular formula is C16H22N2O4. The number of benzene rings is 1. The van der Waals surface area contributed by atoms with Gasteiger partial charge in [-0.2, -0.15) is 0 Å². The van der Waals surface area contributed by atoms with Crippen molar-refractivity contribution in [2.24, 2.45) is 5.92 Å². The lowest BCUT2D eigenvalue weighted by Crippen LogP contribution is -2.47. The fourth-order valence-electron chi connectivity index (χ4n) is 2.63. The number of hydrogen-bond acceptors (Lipinski definition) is 3. The maximum Gasteiger partial charge on any atom is 0.317 e. The molecule has 1 fully saturated rings. The zero-order valence-corrected chi connectivity index (χ0v) is 12.5. The van der Waals surface area contributed by atoms with Crippen LogP contribution in [0.1, 0.15) is 24.8 Å². The minimum Gasteiger partial charge on any atom is -0.508 e. The van der Waals surface area contributed by atoms with Crippen LogP contribution in [0.5, 0.6) is 5.75 Å². The zero-order chi connectivity index (χ0) is 15.9. The molecule has 1 aromatic carbocycles. The summed E-state index contributed by atoms with van der Waals surface area (Å²) < 4.78 is 0. The van der Waals surface area contributed by atoms with Gasteiger partial charge < -0.3 is 20.4 Å². The van der Waals surface area contributed by atoms with Crippen LogP contribution in [0.25, 0.3) is 0 Å². The number of phenolic OH excluding ortho intramolecular Hbond substituents is 1. The topological polar surface area (TPSA) is 89.9 Å². The molecular weight excluding hydrogens is 284 g/mol. The van der Waals surface area contributed by atoms with E-state index < -0.39 is 11.9 Å². The third-order valence-electron chi connectivity index (χ3n) is 3.91. The van der Waals surface area contributed by atoms with Crippen molar-refractivity contribution in [2.45, 2.75) is 25.7 Å². The number of urea groups is 1. The van der Waals surface area contributed by atoms with E-state index >= 15 is 0 Å². The van der Waals surface area contributed by atoms with Gasteiger partial charge in [-0.05, 0) is 43.4 Å². The second-order valence-corrected chi connectivity index (χ2v) is 5.63. The average molecular weight is 306 g/mol. The fourth-order valence-corrected chi connectivity index (χ4v) is 2.63. The van der Waals surface area contributed by atoms with E-state index in [1.165, 1.54) is 0 Å². The van der Waals surface area contributed by atoms with Crippen molar-refractivity contribution in [2.75, 3.05) is 19.6 Å². The molecule has 0 bridgehead atoms. The normalized spacial score (nSPS) is 18.0. The monoisotopic (exact) mass is 306 g/mol. The largest absolute Gasteiger partial charge is 0.508 e. The molecule has 6 heteroatoms. The Labute approximate surface area is 129 Å². The summed E-state index contributed by atoms with van der Waals surface area (Å²) in [5.74, 6) is -1.03. The Morgan fingerprint density at radius 3 is 2.68 bits per heavy atom. The molecule has 0 spiro atoms. The first-order valence-electron chi connectivity index (χ1n) is 7.60. The summed E-state index contributed by atoms with van der Waals surface area (Å²) in [5, 5.41) is 21.1. The van der Waals surface area contributed by atoms with Gasteiger partial charge in [-0.1, -0.05) is 12.1 Å². The molecule has 1 aliphatic heterocycles. The number of amides is 2. The molecule has 6 nitrogen and oxygen atoms in total. The summed E-state index contributed by atoms with van der Waals surface area (Å²) in [6, 6.07) is 6.83. The number of carboxylic acid groups (broad SMARTS) is 1. The number of carbonyl (C=O) groups excluding carboxylic acids is 1. The lowest BCUT2D eigenvalue weighted by molar-refractivity contribution is -0.143. The molecule has 1 heterocycles. The van der Waals surface area contributed by atoms with Crippen LogP contribution in [0.4, 0.5) is 4.79 Å². The standard InChI is InChI=1S/C16H22N2O4/c19-14-7-5-12(6-8-14)3-1-9-17-16(22)18-10-2-4-13(11-18)15(20)21/h5-8,13,19H,1-4,9-11H2,(H,17,22)(H,20,21). The molecule has 3 N–H and O–H groups in total. The van der Waals surface area contributed by atoms with Crippen molar-refractivity contribution >= 4 is 12.0 Å². The Morgan fingerprint density at radius 1 is 1.27 bits per heavy atom. The van der Waals surface area contributed by atoms with Crippen molar-refractivity contribution in [1.29, 1.82) is 0 Å². The second kappa shape index (κ2) is 7.68. The summed E-state index contributed by atoms with van der Waals surface area (Å²) in [6.07, 6.45) is 2.99. The number of likely N-dealkylation sites (tertiary alicyclic amines) is 1. The van der Waals surface area contributed by atoms with Crippen LogP contribution < -0.4 is 5.32 Å². The summed E-state index contributed by atoms with van der Waals surface area (Å²) in [6.45, 7) is 1.46. The molecule has 1 unspecified atom stereocenters. The van der Waals surface area contributed by atoms with E-state index in [0.29, 0.717) is 26.1 Å². The molecule has 0 radical (unpaired) electrons. The molecule has 0 aliphatic carbocycles. The van der Waals surface area contributed by atoms with Gasteiger partial charge in [-0.3, -0.25) is 4.79 Å². The molecule has 2 rings (SSSR count). The highest BCUT2D eigenvalue weighted by atomic mass is 16.4. The molecule has 0 aromatic heterocycles. The van der Waals surface area contributed by atoms with Gasteiger partial charge >= 0.3 is 12.0 Å². The highest BCUT2D eigenvalue weighted by Crippen LogP contribution is 2.16. The predicted molar refractivity (Wildman–Crippen MR) is 81.8 cm³/mol. The lowest BCUT2D eigenvalue weighted by atomic mass is 9.99. The minimum atomic E-state index is -0.829. The maximum atomic E-state index is 12.0. The molecule has 1 aliphatic rings. The Kier molecular flexibility index (Phi) is 5.63. The highest BCUT2D eigenvalue weighted by Gasteiger charge is 2.27. The van der Waals surface area contributed by atoms with Gasteiger partial charge in [0.1, 0.15) is 5.75 Å². The second-order valence-electron chi connectivity index (χ2n) is 5.63. The van der Waals surface area contributed by atoms with Crippen LogP contribution in [0.2, 0.25) is 0 Å².